The number of hydrogen-bond donors (Lipinski definition) is 1. The van der Waals surface area contributed by atoms with Gasteiger partial charge < -0.3 is 5.32 Å². The van der Waals surface area contributed by atoms with Crippen LogP contribution in [0, 0.1) is 6.92 Å². The van der Waals surface area contributed by atoms with Crippen molar-refractivity contribution in [3.8, 4) is 5.69 Å². The number of rotatable bonds is 3. The Balaban J connectivity index is 2.53. The third kappa shape index (κ3) is 2.56. The van der Waals surface area contributed by atoms with Crippen molar-refractivity contribution in [2.75, 3.05) is 5.32 Å². The van der Waals surface area contributed by atoms with Gasteiger partial charge in [0.05, 0.1) is 16.2 Å². The Morgan fingerprint density at radius 3 is 2.45 bits per heavy atom. The standard InChI is InChI=1S/C14H16BrN3O2/c1-9(15)13(19)16-12-10(2)17(3)18(14(12)20)11-7-5-4-6-8-11/h4-9H,1-3H3,(H,16,19). The number of aromatic nitrogens is 2. The summed E-state index contributed by atoms with van der Waals surface area (Å²) in [5.41, 5.74) is 1.54. The van der Waals surface area contributed by atoms with Crippen molar-refractivity contribution in [3.05, 3.63) is 46.4 Å². The minimum atomic E-state index is -0.355. The van der Waals surface area contributed by atoms with Gasteiger partial charge in [0.1, 0.15) is 5.69 Å². The maximum Gasteiger partial charge on any atom is 0.295 e. The summed E-state index contributed by atoms with van der Waals surface area (Å²) < 4.78 is 3.26. The summed E-state index contributed by atoms with van der Waals surface area (Å²) >= 11 is 3.19. The molecular formula is C14H16BrN3O2. The number of nitrogens with one attached hydrogen (secondary N) is 1. The SMILES string of the molecule is Cc1c(NC(=O)C(C)Br)c(=O)n(-c2ccccc2)n1C. The number of carbonyl (C=O) groups is 1. The first kappa shape index (κ1) is 14.6. The number of alkyl halides is 1. The average molecular weight is 338 g/mol. The summed E-state index contributed by atoms with van der Waals surface area (Å²) in [6, 6.07) is 9.31. The van der Waals surface area contributed by atoms with Crippen molar-refractivity contribution in [1.29, 1.82) is 0 Å². The molecule has 106 valence electrons. The van der Waals surface area contributed by atoms with Gasteiger partial charge in [-0.15, -0.1) is 0 Å². The maximum atomic E-state index is 12.5. The van der Waals surface area contributed by atoms with Crippen LogP contribution in [0.25, 0.3) is 5.69 Å². The first-order valence-corrected chi connectivity index (χ1v) is 7.14. The minimum absolute atomic E-state index is 0.238. The quantitative estimate of drug-likeness (QED) is 0.873. The van der Waals surface area contributed by atoms with Crippen molar-refractivity contribution in [2.45, 2.75) is 18.7 Å². The highest BCUT2D eigenvalue weighted by Crippen LogP contribution is 2.14. The Kier molecular flexibility index (Phi) is 4.13. The van der Waals surface area contributed by atoms with Crippen LogP contribution in [-0.4, -0.2) is 20.1 Å². The number of carbonyl (C=O) groups excluding carboxylic acids is 1. The topological polar surface area (TPSA) is 56.0 Å². The molecule has 0 saturated heterocycles. The fraction of sp³-hybridized carbons (Fsp3) is 0.286. The lowest BCUT2D eigenvalue weighted by molar-refractivity contribution is -0.115. The van der Waals surface area contributed by atoms with Crippen LogP contribution in [0.1, 0.15) is 12.6 Å². The molecular weight excluding hydrogens is 322 g/mol. The Labute approximate surface area is 125 Å². The van der Waals surface area contributed by atoms with E-state index in [9.17, 15) is 9.59 Å². The number of hydrogen-bond acceptors (Lipinski definition) is 2. The van der Waals surface area contributed by atoms with Crippen LogP contribution < -0.4 is 10.9 Å². The van der Waals surface area contributed by atoms with E-state index < -0.39 is 0 Å². The highest BCUT2D eigenvalue weighted by atomic mass is 79.9. The third-order valence-electron chi connectivity index (χ3n) is 3.16. The number of para-hydroxylation sites is 1. The second-order valence-electron chi connectivity index (χ2n) is 4.54. The number of anilines is 1. The molecule has 6 heteroatoms. The van der Waals surface area contributed by atoms with Crippen LogP contribution in [0.5, 0.6) is 0 Å². The van der Waals surface area contributed by atoms with Gasteiger partial charge >= 0.3 is 0 Å². The van der Waals surface area contributed by atoms with Crippen LogP contribution in [0.2, 0.25) is 0 Å². The van der Waals surface area contributed by atoms with E-state index >= 15 is 0 Å². The van der Waals surface area contributed by atoms with Crippen LogP contribution in [-0.2, 0) is 11.8 Å². The van der Waals surface area contributed by atoms with E-state index in [1.54, 1.807) is 25.6 Å². The second kappa shape index (κ2) is 5.66. The monoisotopic (exact) mass is 337 g/mol. The number of halogens is 1. The highest BCUT2D eigenvalue weighted by Gasteiger charge is 2.19. The largest absolute Gasteiger partial charge is 0.319 e. The van der Waals surface area contributed by atoms with Crippen LogP contribution >= 0.6 is 15.9 Å². The second-order valence-corrected chi connectivity index (χ2v) is 5.92. The van der Waals surface area contributed by atoms with E-state index in [1.165, 1.54) is 4.68 Å². The van der Waals surface area contributed by atoms with Crippen LogP contribution in [0.4, 0.5) is 5.69 Å². The first-order valence-electron chi connectivity index (χ1n) is 6.22. The minimum Gasteiger partial charge on any atom is -0.319 e. The zero-order chi connectivity index (χ0) is 14.9. The molecule has 1 amide bonds. The summed E-state index contributed by atoms with van der Waals surface area (Å²) in [6.07, 6.45) is 0. The van der Waals surface area contributed by atoms with Crippen molar-refractivity contribution in [2.24, 2.45) is 7.05 Å². The van der Waals surface area contributed by atoms with E-state index in [2.05, 4.69) is 21.2 Å². The molecule has 1 atom stereocenters. The molecule has 0 spiro atoms. The lowest BCUT2D eigenvalue weighted by Crippen LogP contribution is -2.25. The van der Waals surface area contributed by atoms with Gasteiger partial charge in [-0.05, 0) is 26.0 Å². The number of nitrogens with zero attached hydrogens (tertiary/aromatic N) is 2. The fourth-order valence-electron chi connectivity index (χ4n) is 1.93. The molecule has 5 nitrogen and oxygen atoms in total. The summed E-state index contributed by atoms with van der Waals surface area (Å²) in [5.74, 6) is -0.240. The van der Waals surface area contributed by atoms with Gasteiger partial charge in [-0.1, -0.05) is 34.1 Å². The Morgan fingerprint density at radius 1 is 1.30 bits per heavy atom. The van der Waals surface area contributed by atoms with E-state index in [0.29, 0.717) is 11.4 Å². The lowest BCUT2D eigenvalue weighted by Gasteiger charge is -2.07. The Morgan fingerprint density at radius 2 is 1.90 bits per heavy atom. The van der Waals surface area contributed by atoms with E-state index in [0.717, 1.165) is 5.69 Å². The molecule has 1 N–H and O–H groups in total. The van der Waals surface area contributed by atoms with Gasteiger partial charge in [0.25, 0.3) is 5.56 Å². The number of amides is 1. The molecule has 2 rings (SSSR count). The maximum absolute atomic E-state index is 12.5. The summed E-state index contributed by atoms with van der Waals surface area (Å²) in [5, 5.41) is 2.67. The lowest BCUT2D eigenvalue weighted by atomic mass is 10.3. The third-order valence-corrected chi connectivity index (χ3v) is 3.58. The molecule has 0 radical (unpaired) electrons. The molecule has 20 heavy (non-hydrogen) atoms. The molecule has 0 aliphatic carbocycles. The molecule has 0 bridgehead atoms. The summed E-state index contributed by atoms with van der Waals surface area (Å²) in [6.45, 7) is 3.51. The van der Waals surface area contributed by atoms with Crippen molar-refractivity contribution < 1.29 is 4.79 Å². The molecule has 1 aromatic heterocycles. The van der Waals surface area contributed by atoms with Crippen molar-refractivity contribution >= 4 is 27.5 Å². The van der Waals surface area contributed by atoms with Gasteiger partial charge in [0, 0.05) is 7.05 Å². The molecule has 2 aromatic rings. The van der Waals surface area contributed by atoms with Crippen LogP contribution in [0.15, 0.2) is 35.1 Å². The van der Waals surface area contributed by atoms with E-state index in [1.807, 2.05) is 30.3 Å². The zero-order valence-electron chi connectivity index (χ0n) is 11.6. The van der Waals surface area contributed by atoms with E-state index in [4.69, 9.17) is 0 Å². The molecule has 0 fully saturated rings. The van der Waals surface area contributed by atoms with Gasteiger partial charge in [0.15, 0.2) is 0 Å². The van der Waals surface area contributed by atoms with Gasteiger partial charge in [-0.2, -0.15) is 0 Å². The average Bonchev–Trinajstić information content (AvgIpc) is 2.63. The molecule has 0 saturated carbocycles. The van der Waals surface area contributed by atoms with Crippen LogP contribution in [0.3, 0.4) is 0 Å². The smallest absolute Gasteiger partial charge is 0.295 e. The van der Waals surface area contributed by atoms with Crippen molar-refractivity contribution in [3.63, 3.8) is 0 Å². The molecule has 1 aromatic carbocycles. The predicted octanol–water partition coefficient (Wildman–Crippen LogP) is 2.21. The zero-order valence-corrected chi connectivity index (χ0v) is 13.1. The van der Waals surface area contributed by atoms with E-state index in [-0.39, 0.29) is 16.3 Å². The predicted molar refractivity (Wildman–Crippen MR) is 82.8 cm³/mol. The van der Waals surface area contributed by atoms with Gasteiger partial charge in [-0.3, -0.25) is 14.3 Å². The van der Waals surface area contributed by atoms with Gasteiger partial charge in [-0.25, -0.2) is 4.68 Å². The molecule has 0 aliphatic rings. The molecule has 1 heterocycles. The van der Waals surface area contributed by atoms with Crippen molar-refractivity contribution in [1.82, 2.24) is 9.36 Å². The fourth-order valence-corrected chi connectivity index (χ4v) is 2.05. The summed E-state index contributed by atoms with van der Waals surface area (Å²) in [4.78, 5) is 23.9. The highest BCUT2D eigenvalue weighted by molar-refractivity contribution is 9.10. The normalized spacial score (nSPS) is 12.2. The molecule has 0 aliphatic heterocycles. The van der Waals surface area contributed by atoms with Gasteiger partial charge in [0.2, 0.25) is 5.91 Å². The summed E-state index contributed by atoms with van der Waals surface area (Å²) in [7, 11) is 1.79. The molecule has 1 unspecified atom stereocenters. The Bertz CT molecular complexity index is 686. The first-order chi connectivity index (χ1) is 9.43. The number of benzene rings is 1. The Hall–Kier alpha value is -1.82.